The number of fused-ring (bicyclic) bond motifs is 1. The molecular weight excluding hydrogens is 287 g/mol. The maximum absolute atomic E-state index is 13.8. The van der Waals surface area contributed by atoms with Gasteiger partial charge in [0, 0.05) is 11.4 Å². The third-order valence-electron chi connectivity index (χ3n) is 3.46. The van der Waals surface area contributed by atoms with E-state index in [0.717, 1.165) is 22.4 Å². The van der Waals surface area contributed by atoms with Gasteiger partial charge >= 0.3 is 0 Å². The van der Waals surface area contributed by atoms with Gasteiger partial charge in [-0.15, -0.1) is 0 Å². The molecule has 0 aliphatic rings. The molecule has 0 spiro atoms. The molecule has 0 unspecified atom stereocenters. The number of halogens is 2. The lowest BCUT2D eigenvalue weighted by molar-refractivity contribution is 0.0989. The molecule has 0 fully saturated rings. The molecule has 1 nitrogen and oxygen atoms in total. The van der Waals surface area contributed by atoms with Crippen molar-refractivity contribution < 1.29 is 9.18 Å². The van der Waals surface area contributed by atoms with Crippen molar-refractivity contribution in [1.82, 2.24) is 0 Å². The minimum absolute atomic E-state index is 0.0762. The second kappa shape index (κ2) is 5.66. The van der Waals surface area contributed by atoms with Crippen LogP contribution in [-0.4, -0.2) is 5.78 Å². The van der Waals surface area contributed by atoms with Crippen LogP contribution in [-0.2, 0) is 6.42 Å². The van der Waals surface area contributed by atoms with Gasteiger partial charge in [0.2, 0.25) is 0 Å². The summed E-state index contributed by atoms with van der Waals surface area (Å²) < 4.78 is 13.8. The van der Waals surface area contributed by atoms with E-state index >= 15 is 0 Å². The second-order valence-corrected chi connectivity index (χ2v) is 5.30. The SMILES string of the molecule is O=C(Cc1cccc2ccccc12)c1ccc(Cl)cc1F. The van der Waals surface area contributed by atoms with Gasteiger partial charge in [0.1, 0.15) is 5.82 Å². The van der Waals surface area contributed by atoms with Crippen LogP contribution in [0, 0.1) is 5.82 Å². The fraction of sp³-hybridized carbons (Fsp3) is 0.0556. The fourth-order valence-corrected chi connectivity index (χ4v) is 2.59. The van der Waals surface area contributed by atoms with Crippen LogP contribution < -0.4 is 0 Å². The van der Waals surface area contributed by atoms with Crippen LogP contribution in [0.1, 0.15) is 15.9 Å². The number of rotatable bonds is 3. The Morgan fingerprint density at radius 3 is 2.57 bits per heavy atom. The lowest BCUT2D eigenvalue weighted by Crippen LogP contribution is -2.06. The fourth-order valence-electron chi connectivity index (χ4n) is 2.43. The maximum Gasteiger partial charge on any atom is 0.170 e. The molecule has 0 radical (unpaired) electrons. The van der Waals surface area contributed by atoms with E-state index in [2.05, 4.69) is 0 Å². The van der Waals surface area contributed by atoms with E-state index in [9.17, 15) is 9.18 Å². The lowest BCUT2D eigenvalue weighted by Gasteiger charge is -2.07. The Labute approximate surface area is 127 Å². The summed E-state index contributed by atoms with van der Waals surface area (Å²) >= 11 is 5.71. The predicted octanol–water partition coefficient (Wildman–Crippen LogP) is 5.06. The average molecular weight is 299 g/mol. The van der Waals surface area contributed by atoms with E-state index in [1.165, 1.54) is 12.1 Å². The highest BCUT2D eigenvalue weighted by atomic mass is 35.5. The third kappa shape index (κ3) is 2.81. The Balaban J connectivity index is 1.97. The second-order valence-electron chi connectivity index (χ2n) is 4.86. The van der Waals surface area contributed by atoms with Gasteiger partial charge in [-0.2, -0.15) is 0 Å². The first-order chi connectivity index (χ1) is 10.1. The highest BCUT2D eigenvalue weighted by molar-refractivity contribution is 6.30. The highest BCUT2D eigenvalue weighted by Gasteiger charge is 2.14. The van der Waals surface area contributed by atoms with Crippen molar-refractivity contribution in [1.29, 1.82) is 0 Å². The van der Waals surface area contributed by atoms with Crippen LogP contribution in [0.15, 0.2) is 60.7 Å². The minimum Gasteiger partial charge on any atom is -0.294 e. The summed E-state index contributed by atoms with van der Waals surface area (Å²) in [4.78, 5) is 12.3. The topological polar surface area (TPSA) is 17.1 Å². The van der Waals surface area contributed by atoms with Crippen LogP contribution in [0.5, 0.6) is 0 Å². The third-order valence-corrected chi connectivity index (χ3v) is 3.70. The van der Waals surface area contributed by atoms with Crippen LogP contribution in [0.3, 0.4) is 0 Å². The summed E-state index contributed by atoms with van der Waals surface area (Å²) in [6.07, 6.45) is 0.167. The molecule has 21 heavy (non-hydrogen) atoms. The van der Waals surface area contributed by atoms with Crippen molar-refractivity contribution in [2.45, 2.75) is 6.42 Å². The van der Waals surface area contributed by atoms with Crippen molar-refractivity contribution in [3.05, 3.63) is 82.6 Å². The van der Waals surface area contributed by atoms with Gasteiger partial charge in [-0.05, 0) is 34.5 Å². The molecule has 0 bridgehead atoms. The first-order valence-corrected chi connectivity index (χ1v) is 6.98. The zero-order chi connectivity index (χ0) is 14.8. The van der Waals surface area contributed by atoms with Crippen molar-refractivity contribution in [2.24, 2.45) is 0 Å². The van der Waals surface area contributed by atoms with Gasteiger partial charge in [-0.25, -0.2) is 4.39 Å². The average Bonchev–Trinajstić information content (AvgIpc) is 2.47. The Bertz CT molecular complexity index is 821. The van der Waals surface area contributed by atoms with E-state index in [1.54, 1.807) is 0 Å². The largest absolute Gasteiger partial charge is 0.294 e. The van der Waals surface area contributed by atoms with E-state index in [4.69, 9.17) is 11.6 Å². The Hall–Kier alpha value is -2.19. The Kier molecular flexibility index (Phi) is 3.72. The summed E-state index contributed by atoms with van der Waals surface area (Å²) in [7, 11) is 0. The molecule has 3 rings (SSSR count). The van der Waals surface area contributed by atoms with Gasteiger partial charge in [0.15, 0.2) is 5.78 Å². The number of benzene rings is 3. The van der Waals surface area contributed by atoms with Crippen molar-refractivity contribution in [3.8, 4) is 0 Å². The molecule has 3 heteroatoms. The number of hydrogen-bond acceptors (Lipinski definition) is 1. The first kappa shape index (κ1) is 13.8. The van der Waals surface area contributed by atoms with E-state index in [-0.39, 0.29) is 22.8 Å². The molecule has 0 atom stereocenters. The van der Waals surface area contributed by atoms with Crippen LogP contribution in [0.25, 0.3) is 10.8 Å². The molecule has 0 N–H and O–H groups in total. The van der Waals surface area contributed by atoms with Crippen molar-refractivity contribution in [2.75, 3.05) is 0 Å². The van der Waals surface area contributed by atoms with Gasteiger partial charge in [-0.3, -0.25) is 4.79 Å². The van der Waals surface area contributed by atoms with Crippen molar-refractivity contribution in [3.63, 3.8) is 0 Å². The number of hydrogen-bond donors (Lipinski definition) is 0. The summed E-state index contributed by atoms with van der Waals surface area (Å²) in [6, 6.07) is 17.8. The maximum atomic E-state index is 13.8. The number of carbonyl (C=O) groups is 1. The molecular formula is C18H12ClFO. The highest BCUT2D eigenvalue weighted by Crippen LogP contribution is 2.21. The first-order valence-electron chi connectivity index (χ1n) is 6.60. The standard InChI is InChI=1S/C18H12ClFO/c19-14-8-9-16(17(20)11-14)18(21)10-13-6-3-5-12-4-1-2-7-15(12)13/h1-9,11H,10H2. The normalized spacial score (nSPS) is 10.8. The summed E-state index contributed by atoms with van der Waals surface area (Å²) in [5.41, 5.74) is 0.972. The van der Waals surface area contributed by atoms with Crippen molar-refractivity contribution >= 4 is 28.2 Å². The minimum atomic E-state index is -0.576. The zero-order valence-electron chi connectivity index (χ0n) is 11.1. The predicted molar refractivity (Wildman–Crippen MR) is 83.4 cm³/mol. The Morgan fingerprint density at radius 1 is 1.00 bits per heavy atom. The van der Waals surface area contributed by atoms with Gasteiger partial charge in [0.05, 0.1) is 5.56 Å². The molecule has 104 valence electrons. The Morgan fingerprint density at radius 2 is 1.76 bits per heavy atom. The molecule has 0 aliphatic heterocycles. The molecule has 0 heterocycles. The van der Waals surface area contributed by atoms with Gasteiger partial charge in [0.25, 0.3) is 0 Å². The monoisotopic (exact) mass is 298 g/mol. The quantitative estimate of drug-likeness (QED) is 0.618. The molecule has 0 saturated carbocycles. The molecule has 0 aliphatic carbocycles. The van der Waals surface area contributed by atoms with Gasteiger partial charge in [-0.1, -0.05) is 54.1 Å². The number of ketones is 1. The van der Waals surface area contributed by atoms with Gasteiger partial charge < -0.3 is 0 Å². The summed E-state index contributed by atoms with van der Waals surface area (Å²) in [5.74, 6) is -0.826. The molecule has 0 amide bonds. The number of Topliss-reactive ketones (excluding diaryl/α,β-unsaturated/α-hetero) is 1. The molecule has 0 aromatic heterocycles. The van der Waals surface area contributed by atoms with E-state index in [0.29, 0.717) is 0 Å². The van der Waals surface area contributed by atoms with Crippen LogP contribution >= 0.6 is 11.6 Å². The van der Waals surface area contributed by atoms with E-state index < -0.39 is 5.82 Å². The molecule has 3 aromatic carbocycles. The van der Waals surface area contributed by atoms with Crippen LogP contribution in [0.2, 0.25) is 5.02 Å². The smallest absolute Gasteiger partial charge is 0.170 e. The van der Waals surface area contributed by atoms with Crippen LogP contribution in [0.4, 0.5) is 4.39 Å². The molecule has 0 saturated heterocycles. The number of carbonyl (C=O) groups excluding carboxylic acids is 1. The zero-order valence-corrected chi connectivity index (χ0v) is 11.9. The lowest BCUT2D eigenvalue weighted by atomic mass is 9.97. The van der Waals surface area contributed by atoms with E-state index in [1.807, 2.05) is 42.5 Å². The molecule has 3 aromatic rings. The summed E-state index contributed by atoms with van der Waals surface area (Å²) in [6.45, 7) is 0. The summed E-state index contributed by atoms with van der Waals surface area (Å²) in [5, 5.41) is 2.37.